The summed E-state index contributed by atoms with van der Waals surface area (Å²) in [6.45, 7) is 4.00. The summed E-state index contributed by atoms with van der Waals surface area (Å²) < 4.78 is 0. The van der Waals surface area contributed by atoms with Crippen LogP contribution in [0.1, 0.15) is 34.3 Å². The van der Waals surface area contributed by atoms with E-state index in [1.807, 2.05) is 32.0 Å². The smallest absolute Gasteiger partial charge is 0.319 e. The summed E-state index contributed by atoms with van der Waals surface area (Å²) in [5.41, 5.74) is 4.25. The molecule has 1 fully saturated rings. The average molecular weight is 323 g/mol. The number of hydrogen-bond donors (Lipinski definition) is 3. The van der Waals surface area contributed by atoms with E-state index in [9.17, 15) is 9.59 Å². The van der Waals surface area contributed by atoms with Crippen molar-refractivity contribution < 1.29 is 9.59 Å². The quantitative estimate of drug-likeness (QED) is 0.800. The van der Waals surface area contributed by atoms with Gasteiger partial charge >= 0.3 is 6.03 Å². The van der Waals surface area contributed by atoms with Gasteiger partial charge in [0, 0.05) is 23.0 Å². The first-order valence-corrected chi connectivity index (χ1v) is 8.07. The molecule has 0 saturated heterocycles. The van der Waals surface area contributed by atoms with E-state index < -0.39 is 0 Å². The number of nitrogens with one attached hydrogen (secondary N) is 3. The highest BCUT2D eigenvalue weighted by atomic mass is 16.2. The van der Waals surface area contributed by atoms with Crippen molar-refractivity contribution in [3.8, 4) is 0 Å². The monoisotopic (exact) mass is 323 g/mol. The highest BCUT2D eigenvalue weighted by Gasteiger charge is 2.23. The summed E-state index contributed by atoms with van der Waals surface area (Å²) >= 11 is 0. The Labute approximate surface area is 141 Å². The molecular weight excluding hydrogens is 302 g/mol. The Hall–Kier alpha value is -2.82. The molecular formula is C19H21N3O2. The van der Waals surface area contributed by atoms with Crippen LogP contribution in [-0.2, 0) is 0 Å². The molecule has 0 heterocycles. The molecule has 2 aromatic carbocycles. The number of rotatable bonds is 4. The van der Waals surface area contributed by atoms with Crippen LogP contribution >= 0.6 is 0 Å². The van der Waals surface area contributed by atoms with Crippen LogP contribution in [0.5, 0.6) is 0 Å². The number of aryl methyl sites for hydroxylation is 2. The van der Waals surface area contributed by atoms with Crippen molar-refractivity contribution >= 4 is 23.3 Å². The molecule has 3 rings (SSSR count). The fraction of sp³-hybridized carbons (Fsp3) is 0.263. The van der Waals surface area contributed by atoms with Gasteiger partial charge in [0.25, 0.3) is 5.91 Å². The first kappa shape index (κ1) is 16.1. The van der Waals surface area contributed by atoms with Crippen molar-refractivity contribution in [2.24, 2.45) is 0 Å². The lowest BCUT2D eigenvalue weighted by Gasteiger charge is -2.09. The van der Waals surface area contributed by atoms with Crippen LogP contribution in [0, 0.1) is 13.8 Å². The van der Waals surface area contributed by atoms with Crippen LogP contribution < -0.4 is 16.0 Å². The SMILES string of the molecule is Cc1ccc(C(=O)Nc2ccc(NC(=O)NC3CC3)cc2)cc1C. The first-order chi connectivity index (χ1) is 11.5. The lowest BCUT2D eigenvalue weighted by atomic mass is 10.1. The lowest BCUT2D eigenvalue weighted by Crippen LogP contribution is -2.30. The summed E-state index contributed by atoms with van der Waals surface area (Å²) in [5, 5.41) is 8.50. The van der Waals surface area contributed by atoms with E-state index in [2.05, 4.69) is 16.0 Å². The molecule has 124 valence electrons. The third kappa shape index (κ3) is 4.13. The third-order valence-corrected chi connectivity index (χ3v) is 4.08. The molecule has 3 N–H and O–H groups in total. The van der Waals surface area contributed by atoms with Crippen LogP contribution in [0.15, 0.2) is 42.5 Å². The summed E-state index contributed by atoms with van der Waals surface area (Å²) in [6.07, 6.45) is 2.10. The summed E-state index contributed by atoms with van der Waals surface area (Å²) in [5.74, 6) is -0.148. The molecule has 2 aromatic rings. The number of hydrogen-bond acceptors (Lipinski definition) is 2. The minimum Gasteiger partial charge on any atom is -0.335 e. The minimum atomic E-state index is -0.190. The number of benzene rings is 2. The van der Waals surface area contributed by atoms with Gasteiger partial charge in [-0.2, -0.15) is 0 Å². The van der Waals surface area contributed by atoms with Crippen molar-refractivity contribution in [3.63, 3.8) is 0 Å². The summed E-state index contributed by atoms with van der Waals surface area (Å²) in [6, 6.07) is 12.8. The third-order valence-electron chi connectivity index (χ3n) is 4.08. The van der Waals surface area contributed by atoms with E-state index in [1.54, 1.807) is 24.3 Å². The van der Waals surface area contributed by atoms with Gasteiger partial charge in [0.15, 0.2) is 0 Å². The lowest BCUT2D eigenvalue weighted by molar-refractivity contribution is 0.102. The van der Waals surface area contributed by atoms with E-state index in [0.29, 0.717) is 23.0 Å². The molecule has 0 spiro atoms. The molecule has 1 aliphatic carbocycles. The van der Waals surface area contributed by atoms with Gasteiger partial charge in [0.1, 0.15) is 0 Å². The van der Waals surface area contributed by atoms with Crippen molar-refractivity contribution in [1.29, 1.82) is 0 Å². The van der Waals surface area contributed by atoms with Crippen LogP contribution in [-0.4, -0.2) is 18.0 Å². The Morgan fingerprint density at radius 3 is 2.08 bits per heavy atom. The fourth-order valence-corrected chi connectivity index (χ4v) is 2.30. The molecule has 0 aliphatic heterocycles. The second kappa shape index (κ2) is 6.74. The van der Waals surface area contributed by atoms with Gasteiger partial charge in [-0.3, -0.25) is 4.79 Å². The van der Waals surface area contributed by atoms with Crippen molar-refractivity contribution in [3.05, 3.63) is 59.2 Å². The van der Waals surface area contributed by atoms with Gasteiger partial charge in [-0.25, -0.2) is 4.79 Å². The first-order valence-electron chi connectivity index (χ1n) is 8.07. The predicted molar refractivity (Wildman–Crippen MR) is 95.5 cm³/mol. The molecule has 24 heavy (non-hydrogen) atoms. The second-order valence-corrected chi connectivity index (χ2v) is 6.20. The molecule has 0 radical (unpaired) electrons. The minimum absolute atomic E-state index is 0.148. The molecule has 1 aliphatic rings. The normalized spacial score (nSPS) is 13.2. The fourth-order valence-electron chi connectivity index (χ4n) is 2.30. The standard InChI is InChI=1S/C19H21N3O2/c1-12-3-4-14(11-13(12)2)18(23)20-15-5-7-16(8-6-15)21-19(24)22-17-9-10-17/h3-8,11,17H,9-10H2,1-2H3,(H,20,23)(H2,21,22,24). The Morgan fingerprint density at radius 2 is 1.50 bits per heavy atom. The van der Waals surface area contributed by atoms with Gasteiger partial charge in [0.05, 0.1) is 0 Å². The van der Waals surface area contributed by atoms with E-state index in [0.717, 1.165) is 24.0 Å². The number of carbonyl (C=O) groups is 2. The largest absolute Gasteiger partial charge is 0.335 e. The molecule has 3 amide bonds. The zero-order valence-electron chi connectivity index (χ0n) is 13.8. The van der Waals surface area contributed by atoms with Crippen LogP contribution in [0.2, 0.25) is 0 Å². The van der Waals surface area contributed by atoms with Crippen molar-refractivity contribution in [2.45, 2.75) is 32.7 Å². The Kier molecular flexibility index (Phi) is 4.51. The second-order valence-electron chi connectivity index (χ2n) is 6.20. The van der Waals surface area contributed by atoms with Gasteiger partial charge in [-0.15, -0.1) is 0 Å². The zero-order chi connectivity index (χ0) is 17.1. The zero-order valence-corrected chi connectivity index (χ0v) is 13.8. The molecule has 5 heteroatoms. The molecule has 0 atom stereocenters. The molecule has 5 nitrogen and oxygen atoms in total. The van der Waals surface area contributed by atoms with Crippen molar-refractivity contribution in [2.75, 3.05) is 10.6 Å². The maximum Gasteiger partial charge on any atom is 0.319 e. The highest BCUT2D eigenvalue weighted by molar-refractivity contribution is 6.04. The van der Waals surface area contributed by atoms with Crippen LogP contribution in [0.4, 0.5) is 16.2 Å². The van der Waals surface area contributed by atoms with E-state index in [4.69, 9.17) is 0 Å². The maximum absolute atomic E-state index is 12.3. The summed E-state index contributed by atoms with van der Waals surface area (Å²) in [4.78, 5) is 24.0. The number of amides is 3. The van der Waals surface area contributed by atoms with Gasteiger partial charge < -0.3 is 16.0 Å². The van der Waals surface area contributed by atoms with E-state index >= 15 is 0 Å². The van der Waals surface area contributed by atoms with Gasteiger partial charge in [0.2, 0.25) is 0 Å². The Morgan fingerprint density at radius 1 is 0.875 bits per heavy atom. The Balaban J connectivity index is 1.59. The summed E-state index contributed by atoms with van der Waals surface area (Å²) in [7, 11) is 0. The van der Waals surface area contributed by atoms with Gasteiger partial charge in [-0.1, -0.05) is 6.07 Å². The number of carbonyl (C=O) groups excluding carboxylic acids is 2. The molecule has 0 bridgehead atoms. The van der Waals surface area contributed by atoms with Crippen LogP contribution in [0.3, 0.4) is 0 Å². The Bertz CT molecular complexity index is 765. The van der Waals surface area contributed by atoms with E-state index in [1.165, 1.54) is 0 Å². The number of anilines is 2. The highest BCUT2D eigenvalue weighted by Crippen LogP contribution is 2.19. The molecule has 1 saturated carbocycles. The number of urea groups is 1. The van der Waals surface area contributed by atoms with Gasteiger partial charge in [-0.05, 0) is 74.2 Å². The molecule has 0 aromatic heterocycles. The predicted octanol–water partition coefficient (Wildman–Crippen LogP) is 3.84. The van der Waals surface area contributed by atoms with Crippen molar-refractivity contribution in [1.82, 2.24) is 5.32 Å². The van der Waals surface area contributed by atoms with E-state index in [-0.39, 0.29) is 11.9 Å². The molecule has 0 unspecified atom stereocenters. The topological polar surface area (TPSA) is 70.2 Å². The maximum atomic E-state index is 12.3. The van der Waals surface area contributed by atoms with Crippen LogP contribution in [0.25, 0.3) is 0 Å². The average Bonchev–Trinajstić information content (AvgIpc) is 3.35.